The number of halogens is 2. The molecule has 0 saturated carbocycles. The van der Waals surface area contributed by atoms with Crippen molar-refractivity contribution in [2.24, 2.45) is 0 Å². The summed E-state index contributed by atoms with van der Waals surface area (Å²) in [6.45, 7) is 0.492. The number of nitro benzene ring substituents is 1. The van der Waals surface area contributed by atoms with Crippen molar-refractivity contribution in [1.29, 1.82) is 0 Å². The van der Waals surface area contributed by atoms with Crippen molar-refractivity contribution >= 4 is 27.3 Å². The van der Waals surface area contributed by atoms with Crippen LogP contribution in [0.25, 0.3) is 0 Å². The van der Waals surface area contributed by atoms with Crippen LogP contribution in [0.2, 0.25) is 0 Å². The zero-order chi connectivity index (χ0) is 14.5. The number of hydrogen-bond acceptors (Lipinski definition) is 3. The van der Waals surface area contributed by atoms with Gasteiger partial charge in [0, 0.05) is 23.9 Å². The van der Waals surface area contributed by atoms with Crippen LogP contribution in [-0.4, -0.2) is 11.5 Å². The topological polar surface area (TPSA) is 55.2 Å². The van der Waals surface area contributed by atoms with E-state index in [1.165, 1.54) is 12.1 Å². The fourth-order valence-electron chi connectivity index (χ4n) is 1.85. The molecule has 20 heavy (non-hydrogen) atoms. The van der Waals surface area contributed by atoms with Gasteiger partial charge in [-0.15, -0.1) is 0 Å². The molecule has 6 heteroatoms. The average molecular weight is 339 g/mol. The second-order valence-corrected chi connectivity index (χ2v) is 5.05. The van der Waals surface area contributed by atoms with Crippen LogP contribution < -0.4 is 5.32 Å². The number of hydrogen-bond donors (Lipinski definition) is 1. The summed E-state index contributed by atoms with van der Waals surface area (Å²) in [5, 5.41) is 13.9. The Bertz CT molecular complexity index is 634. The van der Waals surface area contributed by atoms with E-state index in [1.807, 2.05) is 0 Å². The Kier molecular flexibility index (Phi) is 4.68. The van der Waals surface area contributed by atoms with E-state index in [9.17, 15) is 14.5 Å². The Hall–Kier alpha value is -1.95. The van der Waals surface area contributed by atoms with E-state index >= 15 is 0 Å². The molecule has 0 bridgehead atoms. The Morgan fingerprint density at radius 1 is 1.25 bits per heavy atom. The molecule has 0 amide bonds. The number of nitro groups is 1. The first-order valence-corrected chi connectivity index (χ1v) is 6.78. The van der Waals surface area contributed by atoms with E-state index in [4.69, 9.17) is 0 Å². The minimum absolute atomic E-state index is 0.108. The van der Waals surface area contributed by atoms with Crippen molar-refractivity contribution in [1.82, 2.24) is 0 Å². The summed E-state index contributed by atoms with van der Waals surface area (Å²) in [5.41, 5.74) is 1.41. The molecule has 0 fully saturated rings. The number of nitrogens with one attached hydrogen (secondary N) is 1. The number of nitrogens with zero attached hydrogens (tertiary/aromatic N) is 1. The molecule has 2 aromatic rings. The molecule has 0 atom stereocenters. The van der Waals surface area contributed by atoms with Crippen LogP contribution >= 0.6 is 15.9 Å². The molecule has 2 rings (SSSR count). The zero-order valence-electron chi connectivity index (χ0n) is 10.5. The zero-order valence-corrected chi connectivity index (χ0v) is 12.1. The molecule has 0 spiro atoms. The highest BCUT2D eigenvalue weighted by Gasteiger charge is 2.11. The van der Waals surface area contributed by atoms with Gasteiger partial charge in [-0.3, -0.25) is 10.1 Å². The first kappa shape index (κ1) is 14.5. The largest absolute Gasteiger partial charge is 0.385 e. The third-order valence-corrected chi connectivity index (χ3v) is 3.47. The van der Waals surface area contributed by atoms with E-state index in [1.54, 1.807) is 30.3 Å². The summed E-state index contributed by atoms with van der Waals surface area (Å²) in [5.74, 6) is -0.347. The molecule has 104 valence electrons. The first-order chi connectivity index (χ1) is 9.58. The maximum absolute atomic E-state index is 13.3. The van der Waals surface area contributed by atoms with Gasteiger partial charge in [0.05, 0.1) is 9.40 Å². The van der Waals surface area contributed by atoms with Gasteiger partial charge in [0.15, 0.2) is 0 Å². The summed E-state index contributed by atoms with van der Waals surface area (Å²) >= 11 is 3.08. The van der Waals surface area contributed by atoms with Gasteiger partial charge in [0.2, 0.25) is 0 Å². The third-order valence-electron chi connectivity index (χ3n) is 2.83. The SMILES string of the molecule is O=[N+]([O-])c1ccccc1CCNc1ccc(Br)c(F)c1. The van der Waals surface area contributed by atoms with Gasteiger partial charge >= 0.3 is 0 Å². The maximum atomic E-state index is 13.3. The summed E-state index contributed by atoms with van der Waals surface area (Å²) in [6.07, 6.45) is 0.495. The van der Waals surface area contributed by atoms with Crippen molar-refractivity contribution < 1.29 is 9.31 Å². The van der Waals surface area contributed by atoms with Crippen molar-refractivity contribution in [2.45, 2.75) is 6.42 Å². The van der Waals surface area contributed by atoms with E-state index in [2.05, 4.69) is 21.2 Å². The highest BCUT2D eigenvalue weighted by molar-refractivity contribution is 9.10. The van der Waals surface area contributed by atoms with E-state index in [0.29, 0.717) is 28.7 Å². The fraction of sp³-hybridized carbons (Fsp3) is 0.143. The van der Waals surface area contributed by atoms with Crippen LogP contribution in [-0.2, 0) is 6.42 Å². The lowest BCUT2D eigenvalue weighted by Crippen LogP contribution is -2.06. The number of para-hydroxylation sites is 1. The molecule has 0 radical (unpaired) electrons. The van der Waals surface area contributed by atoms with Gasteiger partial charge in [-0.25, -0.2) is 4.39 Å². The van der Waals surface area contributed by atoms with Crippen LogP contribution in [0.1, 0.15) is 5.56 Å². The second-order valence-electron chi connectivity index (χ2n) is 4.19. The van der Waals surface area contributed by atoms with Crippen LogP contribution in [0.4, 0.5) is 15.8 Å². The van der Waals surface area contributed by atoms with Crippen LogP contribution in [0.3, 0.4) is 0 Å². The number of anilines is 1. The highest BCUT2D eigenvalue weighted by atomic mass is 79.9. The Labute approximate surface area is 123 Å². The van der Waals surface area contributed by atoms with E-state index < -0.39 is 4.92 Å². The molecule has 4 nitrogen and oxygen atoms in total. The smallest absolute Gasteiger partial charge is 0.272 e. The van der Waals surface area contributed by atoms with Gasteiger partial charge in [0.1, 0.15) is 5.82 Å². The van der Waals surface area contributed by atoms with Crippen LogP contribution in [0.5, 0.6) is 0 Å². The molecule has 0 saturated heterocycles. The average Bonchev–Trinajstić information content (AvgIpc) is 2.43. The van der Waals surface area contributed by atoms with E-state index in [0.717, 1.165) is 0 Å². The lowest BCUT2D eigenvalue weighted by atomic mass is 10.1. The summed E-state index contributed by atoms with van der Waals surface area (Å²) in [7, 11) is 0. The molecular weight excluding hydrogens is 327 g/mol. The fourth-order valence-corrected chi connectivity index (χ4v) is 2.09. The van der Waals surface area contributed by atoms with Gasteiger partial charge in [0.25, 0.3) is 5.69 Å². The Balaban J connectivity index is 1.99. The minimum Gasteiger partial charge on any atom is -0.385 e. The molecule has 0 heterocycles. The van der Waals surface area contributed by atoms with E-state index in [-0.39, 0.29) is 11.5 Å². The Morgan fingerprint density at radius 3 is 2.70 bits per heavy atom. The normalized spacial score (nSPS) is 10.3. The highest BCUT2D eigenvalue weighted by Crippen LogP contribution is 2.20. The van der Waals surface area contributed by atoms with Gasteiger partial charge in [-0.1, -0.05) is 18.2 Å². The molecule has 0 aliphatic heterocycles. The molecule has 2 aromatic carbocycles. The lowest BCUT2D eigenvalue weighted by molar-refractivity contribution is -0.385. The molecule has 1 N–H and O–H groups in total. The molecule has 0 aliphatic carbocycles. The standard InChI is InChI=1S/C14H12BrFN2O2/c15-12-6-5-11(9-13(12)16)17-8-7-10-3-1-2-4-14(10)18(19)20/h1-6,9,17H,7-8H2. The summed E-state index contributed by atoms with van der Waals surface area (Å²) < 4.78 is 13.7. The van der Waals surface area contributed by atoms with Gasteiger partial charge < -0.3 is 5.32 Å². The monoisotopic (exact) mass is 338 g/mol. The molecule has 0 aliphatic rings. The first-order valence-electron chi connectivity index (χ1n) is 5.99. The quantitative estimate of drug-likeness (QED) is 0.658. The molecule has 0 aromatic heterocycles. The third kappa shape index (κ3) is 3.54. The van der Waals surface area contributed by atoms with Gasteiger partial charge in [-0.2, -0.15) is 0 Å². The molecular formula is C14H12BrFN2O2. The summed E-state index contributed by atoms with van der Waals surface area (Å²) in [6, 6.07) is 11.3. The van der Waals surface area contributed by atoms with Crippen molar-refractivity contribution in [2.75, 3.05) is 11.9 Å². The van der Waals surface area contributed by atoms with Crippen LogP contribution in [0.15, 0.2) is 46.9 Å². The number of benzene rings is 2. The lowest BCUT2D eigenvalue weighted by Gasteiger charge is -2.07. The number of rotatable bonds is 5. The minimum atomic E-state index is -0.394. The predicted octanol–water partition coefficient (Wildman–Crippen LogP) is 4.15. The van der Waals surface area contributed by atoms with Gasteiger partial charge in [-0.05, 0) is 40.5 Å². The molecule has 0 unspecified atom stereocenters. The van der Waals surface area contributed by atoms with Crippen molar-refractivity contribution in [3.05, 3.63) is 68.4 Å². The van der Waals surface area contributed by atoms with Crippen molar-refractivity contribution in [3.8, 4) is 0 Å². The Morgan fingerprint density at radius 2 is 2.00 bits per heavy atom. The van der Waals surface area contributed by atoms with Crippen LogP contribution in [0, 0.1) is 15.9 Å². The van der Waals surface area contributed by atoms with Crippen molar-refractivity contribution in [3.63, 3.8) is 0 Å². The predicted molar refractivity (Wildman–Crippen MR) is 79.4 cm³/mol. The maximum Gasteiger partial charge on any atom is 0.272 e. The summed E-state index contributed by atoms with van der Waals surface area (Å²) in [4.78, 5) is 10.5. The second kappa shape index (κ2) is 6.47.